The molecule has 0 bridgehead atoms. The summed E-state index contributed by atoms with van der Waals surface area (Å²) < 4.78 is 47.9. The number of aliphatic hydroxyl groups excluding tert-OH is 1. The number of aliphatic hydroxyl groups is 1. The maximum Gasteiger partial charge on any atom is 0.165 e. The SMILES string of the molecule is CC(O)c1ccc(CCC2CCC(c3ccc(C4CO4)c(F)c3F)CC2)cc1F. The molecule has 1 aliphatic heterocycles. The highest BCUT2D eigenvalue weighted by molar-refractivity contribution is 5.32. The molecule has 0 amide bonds. The van der Waals surface area contributed by atoms with Crippen molar-refractivity contribution in [1.29, 1.82) is 0 Å². The quantitative estimate of drug-likeness (QED) is 0.587. The highest BCUT2D eigenvalue weighted by Crippen LogP contribution is 2.41. The first kappa shape index (κ1) is 20.4. The summed E-state index contributed by atoms with van der Waals surface area (Å²) in [6.07, 6.45) is 4.26. The minimum absolute atomic E-state index is 0.0534. The van der Waals surface area contributed by atoms with Crippen LogP contribution in [0.2, 0.25) is 0 Å². The van der Waals surface area contributed by atoms with Gasteiger partial charge in [-0.2, -0.15) is 0 Å². The zero-order valence-corrected chi connectivity index (χ0v) is 16.6. The summed E-state index contributed by atoms with van der Waals surface area (Å²) in [5.74, 6) is -1.26. The van der Waals surface area contributed by atoms with Gasteiger partial charge in [0.05, 0.1) is 12.7 Å². The summed E-state index contributed by atoms with van der Waals surface area (Å²) in [7, 11) is 0. The third kappa shape index (κ3) is 4.51. The van der Waals surface area contributed by atoms with Crippen molar-refractivity contribution >= 4 is 0 Å². The van der Waals surface area contributed by atoms with Crippen LogP contribution < -0.4 is 0 Å². The summed E-state index contributed by atoms with van der Waals surface area (Å²) in [5, 5.41) is 9.53. The van der Waals surface area contributed by atoms with Crippen molar-refractivity contribution in [2.45, 2.75) is 63.6 Å². The Bertz CT molecular complexity index is 869. The van der Waals surface area contributed by atoms with Gasteiger partial charge in [0, 0.05) is 11.1 Å². The molecule has 29 heavy (non-hydrogen) atoms. The van der Waals surface area contributed by atoms with Crippen LogP contribution in [0.3, 0.4) is 0 Å². The summed E-state index contributed by atoms with van der Waals surface area (Å²) in [4.78, 5) is 0. The Morgan fingerprint density at radius 2 is 1.66 bits per heavy atom. The van der Waals surface area contributed by atoms with Crippen LogP contribution in [0.5, 0.6) is 0 Å². The van der Waals surface area contributed by atoms with Crippen molar-refractivity contribution in [3.05, 3.63) is 70.0 Å². The van der Waals surface area contributed by atoms with Gasteiger partial charge < -0.3 is 9.84 Å². The summed E-state index contributed by atoms with van der Waals surface area (Å²) >= 11 is 0. The maximum absolute atomic E-state index is 14.5. The molecule has 2 aromatic carbocycles. The van der Waals surface area contributed by atoms with Crippen molar-refractivity contribution in [1.82, 2.24) is 0 Å². The molecule has 0 spiro atoms. The van der Waals surface area contributed by atoms with E-state index in [0.29, 0.717) is 29.2 Å². The lowest BCUT2D eigenvalue weighted by Crippen LogP contribution is -2.16. The molecule has 4 rings (SSSR count). The first-order valence-electron chi connectivity index (χ1n) is 10.5. The topological polar surface area (TPSA) is 32.8 Å². The summed E-state index contributed by atoms with van der Waals surface area (Å²) in [6.45, 7) is 2.02. The van der Waals surface area contributed by atoms with E-state index < -0.39 is 17.7 Å². The zero-order chi connectivity index (χ0) is 20.5. The normalized spacial score (nSPS) is 25.1. The van der Waals surface area contributed by atoms with Crippen LogP contribution in [-0.4, -0.2) is 11.7 Å². The van der Waals surface area contributed by atoms with Crippen LogP contribution in [0.15, 0.2) is 30.3 Å². The Labute approximate surface area is 169 Å². The van der Waals surface area contributed by atoms with Gasteiger partial charge in [-0.1, -0.05) is 24.3 Å². The lowest BCUT2D eigenvalue weighted by molar-refractivity contribution is 0.194. The lowest BCUT2D eigenvalue weighted by Gasteiger charge is -2.29. The van der Waals surface area contributed by atoms with Crippen LogP contribution in [0.25, 0.3) is 0 Å². The zero-order valence-electron chi connectivity index (χ0n) is 16.6. The lowest BCUT2D eigenvalue weighted by atomic mass is 9.76. The maximum atomic E-state index is 14.5. The van der Waals surface area contributed by atoms with Gasteiger partial charge in [-0.15, -0.1) is 0 Å². The standard InChI is InChI=1S/C24H27F3O2/c1-14(28)18-9-6-16(12-21(18)25)3-2-15-4-7-17(8-5-15)19-10-11-20(22-13-29-22)24(27)23(19)26/h6,9-12,14-15,17,22,28H,2-5,7-8,13H2,1H3. The molecule has 1 saturated carbocycles. The number of aryl methyl sites for hydroxylation is 1. The molecule has 2 aliphatic rings. The highest BCUT2D eigenvalue weighted by atomic mass is 19.2. The van der Waals surface area contributed by atoms with Crippen LogP contribution >= 0.6 is 0 Å². The van der Waals surface area contributed by atoms with Gasteiger partial charge in [-0.05, 0) is 74.5 Å². The monoisotopic (exact) mass is 404 g/mol. The minimum Gasteiger partial charge on any atom is -0.389 e. The van der Waals surface area contributed by atoms with E-state index >= 15 is 0 Å². The average Bonchev–Trinajstić information content (AvgIpc) is 3.54. The minimum atomic E-state index is -0.810. The van der Waals surface area contributed by atoms with E-state index in [-0.39, 0.29) is 17.8 Å². The van der Waals surface area contributed by atoms with Gasteiger partial charge in [0.25, 0.3) is 0 Å². The second kappa shape index (κ2) is 8.49. The van der Waals surface area contributed by atoms with Gasteiger partial charge in [0.2, 0.25) is 0 Å². The molecule has 2 fully saturated rings. The smallest absolute Gasteiger partial charge is 0.165 e. The molecule has 1 aliphatic carbocycles. The molecular weight excluding hydrogens is 377 g/mol. The first-order valence-corrected chi connectivity index (χ1v) is 10.5. The number of ether oxygens (including phenoxy) is 1. The first-order chi connectivity index (χ1) is 13.9. The second-order valence-corrected chi connectivity index (χ2v) is 8.48. The van der Waals surface area contributed by atoms with Gasteiger partial charge in [0.1, 0.15) is 11.9 Å². The van der Waals surface area contributed by atoms with E-state index in [1.165, 1.54) is 6.07 Å². The van der Waals surface area contributed by atoms with Gasteiger partial charge in [-0.3, -0.25) is 0 Å². The highest BCUT2D eigenvalue weighted by Gasteiger charge is 2.32. The fourth-order valence-electron chi connectivity index (χ4n) is 4.57. The van der Waals surface area contributed by atoms with Crippen molar-refractivity contribution in [3.8, 4) is 0 Å². The molecule has 0 radical (unpaired) electrons. The second-order valence-electron chi connectivity index (χ2n) is 8.48. The molecule has 5 heteroatoms. The average molecular weight is 404 g/mol. The number of hydrogen-bond acceptors (Lipinski definition) is 2. The third-order valence-corrected chi connectivity index (χ3v) is 6.47. The van der Waals surface area contributed by atoms with Crippen molar-refractivity contribution in [2.24, 2.45) is 5.92 Å². The fourth-order valence-corrected chi connectivity index (χ4v) is 4.57. The molecule has 2 atom stereocenters. The molecule has 156 valence electrons. The Balaban J connectivity index is 1.32. The van der Waals surface area contributed by atoms with Crippen LogP contribution in [0.1, 0.15) is 79.4 Å². The van der Waals surface area contributed by atoms with E-state index in [2.05, 4.69) is 0 Å². The van der Waals surface area contributed by atoms with E-state index in [4.69, 9.17) is 4.74 Å². The number of halogens is 3. The van der Waals surface area contributed by atoms with E-state index in [0.717, 1.165) is 44.1 Å². The van der Waals surface area contributed by atoms with Crippen LogP contribution in [0.4, 0.5) is 13.2 Å². The van der Waals surface area contributed by atoms with Crippen molar-refractivity contribution in [3.63, 3.8) is 0 Å². The molecule has 0 aromatic heterocycles. The van der Waals surface area contributed by atoms with E-state index in [9.17, 15) is 18.3 Å². The van der Waals surface area contributed by atoms with Crippen molar-refractivity contribution < 1.29 is 23.0 Å². The largest absolute Gasteiger partial charge is 0.389 e. The van der Waals surface area contributed by atoms with Crippen molar-refractivity contribution in [2.75, 3.05) is 6.61 Å². The van der Waals surface area contributed by atoms with E-state index in [1.54, 1.807) is 25.1 Å². The molecule has 1 saturated heterocycles. The van der Waals surface area contributed by atoms with Crippen LogP contribution in [-0.2, 0) is 11.2 Å². The summed E-state index contributed by atoms with van der Waals surface area (Å²) in [5.41, 5.74) is 2.07. The van der Waals surface area contributed by atoms with Gasteiger partial charge in [-0.25, -0.2) is 13.2 Å². The molecule has 2 nitrogen and oxygen atoms in total. The predicted octanol–water partition coefficient (Wildman–Crippen LogP) is 6.14. The third-order valence-electron chi connectivity index (χ3n) is 6.47. The predicted molar refractivity (Wildman–Crippen MR) is 105 cm³/mol. The van der Waals surface area contributed by atoms with Gasteiger partial charge >= 0.3 is 0 Å². The Morgan fingerprint density at radius 3 is 2.28 bits per heavy atom. The Kier molecular flexibility index (Phi) is 5.98. The number of hydrogen-bond donors (Lipinski definition) is 1. The molecule has 1 N–H and O–H groups in total. The number of rotatable bonds is 6. The Morgan fingerprint density at radius 1 is 1.00 bits per heavy atom. The van der Waals surface area contributed by atoms with Crippen LogP contribution in [0, 0.1) is 23.4 Å². The molecule has 1 heterocycles. The molecule has 2 aromatic rings. The number of epoxide rings is 1. The summed E-state index contributed by atoms with van der Waals surface area (Å²) in [6, 6.07) is 8.44. The Hall–Kier alpha value is -1.85. The fraction of sp³-hybridized carbons (Fsp3) is 0.500. The molecule has 2 unspecified atom stereocenters. The number of benzene rings is 2. The van der Waals surface area contributed by atoms with Gasteiger partial charge in [0.15, 0.2) is 11.6 Å². The molecular formula is C24H27F3O2. The van der Waals surface area contributed by atoms with E-state index in [1.807, 2.05) is 6.07 Å².